The molecule has 0 bridgehead atoms. The van der Waals surface area contributed by atoms with Crippen LogP contribution >= 0.6 is 0 Å². The monoisotopic (exact) mass is 391 g/mol. The first-order valence-electron chi connectivity index (χ1n) is 9.53. The minimum Gasteiger partial charge on any atom is -0.331 e. The largest absolute Gasteiger partial charge is 0.331 e. The maximum atomic E-state index is 12.7. The third-order valence-corrected chi connectivity index (χ3v) is 5.26. The highest BCUT2D eigenvalue weighted by Gasteiger charge is 2.29. The first kappa shape index (κ1) is 18.9. The molecular weight excluding hydrogens is 370 g/mol. The van der Waals surface area contributed by atoms with E-state index in [0.29, 0.717) is 35.4 Å². The number of hydrogen-bond donors (Lipinski definition) is 0. The van der Waals surface area contributed by atoms with E-state index in [9.17, 15) is 14.4 Å². The van der Waals surface area contributed by atoms with Gasteiger partial charge in [-0.15, -0.1) is 0 Å². The van der Waals surface area contributed by atoms with Crippen molar-refractivity contribution in [3.05, 3.63) is 42.1 Å². The summed E-state index contributed by atoms with van der Waals surface area (Å²) in [6.07, 6.45) is 5.80. The van der Waals surface area contributed by atoms with E-state index in [1.165, 1.54) is 6.92 Å². The summed E-state index contributed by atoms with van der Waals surface area (Å²) in [5, 5.41) is 5.08. The van der Waals surface area contributed by atoms with Crippen molar-refractivity contribution < 1.29 is 14.4 Å². The molecule has 1 aliphatic heterocycles. The Labute approximate surface area is 167 Å². The molecule has 148 valence electrons. The zero-order valence-corrected chi connectivity index (χ0v) is 16.3. The Morgan fingerprint density at radius 3 is 2.66 bits per heavy atom. The Morgan fingerprint density at radius 2 is 1.97 bits per heavy atom. The van der Waals surface area contributed by atoms with Crippen LogP contribution in [0, 0.1) is 6.92 Å². The summed E-state index contributed by atoms with van der Waals surface area (Å²) in [7, 11) is 0. The molecule has 2 aromatic heterocycles. The fourth-order valence-electron chi connectivity index (χ4n) is 3.74. The number of nitrogens with zero attached hydrogens (tertiary/aromatic N) is 5. The molecule has 1 aliphatic rings. The van der Waals surface area contributed by atoms with E-state index in [1.807, 2.05) is 25.1 Å². The van der Waals surface area contributed by atoms with Crippen molar-refractivity contribution in [1.82, 2.24) is 24.6 Å². The van der Waals surface area contributed by atoms with E-state index in [4.69, 9.17) is 0 Å². The van der Waals surface area contributed by atoms with Crippen LogP contribution in [-0.2, 0) is 16.1 Å². The van der Waals surface area contributed by atoms with Crippen molar-refractivity contribution in [2.45, 2.75) is 39.3 Å². The molecule has 4 rings (SSSR count). The normalized spacial score (nSPS) is 16.3. The molecule has 3 heterocycles. The Bertz CT molecular complexity index is 1100. The van der Waals surface area contributed by atoms with E-state index < -0.39 is 0 Å². The molecule has 1 fully saturated rings. The van der Waals surface area contributed by atoms with Gasteiger partial charge in [0.15, 0.2) is 5.78 Å². The summed E-state index contributed by atoms with van der Waals surface area (Å²) in [6.45, 7) is 3.83. The number of aromatic nitrogens is 4. The lowest BCUT2D eigenvalue weighted by molar-refractivity contribution is -0.135. The SMILES string of the molecule is CC(=O)c1nn(CC(=O)N2CCCC2C=O)c2ccc(-c3cnc(C)nc3)cc12. The molecule has 3 aromatic rings. The quantitative estimate of drug-likeness (QED) is 0.488. The van der Waals surface area contributed by atoms with Crippen LogP contribution in [0.3, 0.4) is 0 Å². The smallest absolute Gasteiger partial charge is 0.244 e. The van der Waals surface area contributed by atoms with Gasteiger partial charge in [-0.25, -0.2) is 9.97 Å². The van der Waals surface area contributed by atoms with Gasteiger partial charge in [0, 0.05) is 36.8 Å². The van der Waals surface area contributed by atoms with Gasteiger partial charge in [-0.05, 0) is 37.5 Å². The van der Waals surface area contributed by atoms with Crippen LogP contribution in [0.15, 0.2) is 30.6 Å². The number of carbonyl (C=O) groups is 3. The number of ketones is 1. The van der Waals surface area contributed by atoms with Gasteiger partial charge in [-0.1, -0.05) is 6.07 Å². The molecular formula is C21H21N5O3. The minimum absolute atomic E-state index is 0.0128. The predicted octanol–water partition coefficient (Wildman–Crippen LogP) is 2.19. The summed E-state index contributed by atoms with van der Waals surface area (Å²) in [5.74, 6) is 0.335. The summed E-state index contributed by atoms with van der Waals surface area (Å²) >= 11 is 0. The topological polar surface area (TPSA) is 98.1 Å². The number of aryl methyl sites for hydroxylation is 1. The number of benzene rings is 1. The van der Waals surface area contributed by atoms with Crippen LogP contribution in [0.2, 0.25) is 0 Å². The molecule has 1 amide bonds. The van der Waals surface area contributed by atoms with Crippen LogP contribution in [-0.4, -0.2) is 55.2 Å². The van der Waals surface area contributed by atoms with Gasteiger partial charge in [-0.3, -0.25) is 14.3 Å². The average Bonchev–Trinajstić information content (AvgIpc) is 3.33. The summed E-state index contributed by atoms with van der Waals surface area (Å²) in [6, 6.07) is 5.24. The molecule has 0 radical (unpaired) electrons. The van der Waals surface area contributed by atoms with Gasteiger partial charge in [0.1, 0.15) is 24.3 Å². The van der Waals surface area contributed by atoms with Gasteiger partial charge in [0.2, 0.25) is 5.91 Å². The lowest BCUT2D eigenvalue weighted by Gasteiger charge is -2.20. The summed E-state index contributed by atoms with van der Waals surface area (Å²) in [4.78, 5) is 46.1. The lowest BCUT2D eigenvalue weighted by atomic mass is 10.0. The van der Waals surface area contributed by atoms with E-state index in [0.717, 1.165) is 23.8 Å². The molecule has 0 saturated carbocycles. The first-order valence-corrected chi connectivity index (χ1v) is 9.53. The van der Waals surface area contributed by atoms with Gasteiger partial charge in [-0.2, -0.15) is 5.10 Å². The maximum Gasteiger partial charge on any atom is 0.244 e. The second-order valence-corrected chi connectivity index (χ2v) is 7.25. The van der Waals surface area contributed by atoms with Gasteiger partial charge in [0.05, 0.1) is 11.6 Å². The highest BCUT2D eigenvalue weighted by atomic mass is 16.2. The fourth-order valence-corrected chi connectivity index (χ4v) is 3.74. The number of rotatable bonds is 5. The van der Waals surface area contributed by atoms with Gasteiger partial charge >= 0.3 is 0 Å². The third-order valence-electron chi connectivity index (χ3n) is 5.26. The van der Waals surface area contributed by atoms with Crippen molar-refractivity contribution >= 4 is 28.9 Å². The van der Waals surface area contributed by atoms with Crippen LogP contribution < -0.4 is 0 Å². The number of fused-ring (bicyclic) bond motifs is 1. The number of amides is 1. The molecule has 29 heavy (non-hydrogen) atoms. The highest BCUT2D eigenvalue weighted by Crippen LogP contribution is 2.27. The van der Waals surface area contributed by atoms with E-state index in [1.54, 1.807) is 22.0 Å². The molecule has 0 spiro atoms. The Kier molecular flexibility index (Phi) is 4.92. The van der Waals surface area contributed by atoms with Crippen molar-refractivity contribution in [2.75, 3.05) is 6.54 Å². The summed E-state index contributed by atoms with van der Waals surface area (Å²) in [5.41, 5.74) is 2.71. The van der Waals surface area contributed by atoms with E-state index in [-0.39, 0.29) is 24.3 Å². The number of carbonyl (C=O) groups excluding carboxylic acids is 3. The first-order chi connectivity index (χ1) is 14.0. The Balaban J connectivity index is 1.72. The van der Waals surface area contributed by atoms with Gasteiger partial charge < -0.3 is 9.69 Å². The van der Waals surface area contributed by atoms with Crippen molar-refractivity contribution in [3.8, 4) is 11.1 Å². The van der Waals surface area contributed by atoms with Crippen molar-refractivity contribution in [2.24, 2.45) is 0 Å². The maximum absolute atomic E-state index is 12.7. The molecule has 1 unspecified atom stereocenters. The van der Waals surface area contributed by atoms with Crippen molar-refractivity contribution in [3.63, 3.8) is 0 Å². The Hall–Kier alpha value is -3.42. The lowest BCUT2D eigenvalue weighted by Crippen LogP contribution is -2.38. The van der Waals surface area contributed by atoms with Crippen molar-refractivity contribution in [1.29, 1.82) is 0 Å². The number of likely N-dealkylation sites (tertiary alicyclic amines) is 1. The molecule has 1 atom stereocenters. The number of aldehydes is 1. The standard InChI is InChI=1S/C21H21N5O3/c1-13(28)21-18-8-15(16-9-22-14(2)23-10-16)5-6-19(18)26(24-21)11-20(29)25-7-3-4-17(25)12-27/h5-6,8-10,12,17H,3-4,7,11H2,1-2H3. The third kappa shape index (κ3) is 3.53. The Morgan fingerprint density at radius 1 is 1.21 bits per heavy atom. The summed E-state index contributed by atoms with van der Waals surface area (Å²) < 4.78 is 1.55. The van der Waals surface area contributed by atoms with Gasteiger partial charge in [0.25, 0.3) is 0 Å². The zero-order valence-electron chi connectivity index (χ0n) is 16.3. The molecule has 0 N–H and O–H groups in total. The number of Topliss-reactive ketones (excluding diaryl/α,β-unsaturated/α-hetero) is 1. The molecule has 8 heteroatoms. The second-order valence-electron chi connectivity index (χ2n) is 7.25. The van der Waals surface area contributed by atoms with Crippen LogP contribution in [0.5, 0.6) is 0 Å². The fraction of sp³-hybridized carbons (Fsp3) is 0.333. The molecule has 8 nitrogen and oxygen atoms in total. The van der Waals surface area contributed by atoms with Crippen LogP contribution in [0.25, 0.3) is 22.0 Å². The highest BCUT2D eigenvalue weighted by molar-refractivity contribution is 6.06. The molecule has 1 aromatic carbocycles. The van der Waals surface area contributed by atoms with E-state index in [2.05, 4.69) is 15.1 Å². The minimum atomic E-state index is -0.371. The van der Waals surface area contributed by atoms with Crippen LogP contribution in [0.4, 0.5) is 0 Å². The zero-order chi connectivity index (χ0) is 20.5. The number of hydrogen-bond acceptors (Lipinski definition) is 6. The molecule has 0 aliphatic carbocycles. The average molecular weight is 391 g/mol. The molecule has 1 saturated heterocycles. The van der Waals surface area contributed by atoms with E-state index >= 15 is 0 Å². The second kappa shape index (κ2) is 7.54. The van der Waals surface area contributed by atoms with Crippen LogP contribution in [0.1, 0.15) is 36.1 Å². The predicted molar refractivity (Wildman–Crippen MR) is 106 cm³/mol.